The van der Waals surface area contributed by atoms with Gasteiger partial charge in [-0.1, -0.05) is 31.5 Å². The van der Waals surface area contributed by atoms with Crippen LogP contribution in [0.4, 0.5) is 4.39 Å². The predicted molar refractivity (Wildman–Crippen MR) is 136 cm³/mol. The van der Waals surface area contributed by atoms with Crippen LogP contribution in [0.25, 0.3) is 11.1 Å². The lowest BCUT2D eigenvalue weighted by atomic mass is 9.94. The number of pyridine rings is 2. The molecular weight excluding hydrogens is 461 g/mol. The van der Waals surface area contributed by atoms with Gasteiger partial charge in [-0.15, -0.1) is 0 Å². The molecule has 0 aliphatic carbocycles. The summed E-state index contributed by atoms with van der Waals surface area (Å²) in [6, 6.07) is 7.37. The highest BCUT2D eigenvalue weighted by Gasteiger charge is 2.27. The van der Waals surface area contributed by atoms with Gasteiger partial charge in [0.05, 0.1) is 19.6 Å². The molecule has 0 saturated heterocycles. The molecule has 190 valence electrons. The summed E-state index contributed by atoms with van der Waals surface area (Å²) >= 11 is 0. The summed E-state index contributed by atoms with van der Waals surface area (Å²) in [7, 11) is 1.28. The first kappa shape index (κ1) is 26.8. The SMILES string of the molecule is CCCC(C(=O)N[C@@H](CC(=O)OC)c1cncc(-c2c(C)cccc2C)c1)n1cc(F)c(C)cc1=O. The van der Waals surface area contributed by atoms with Crippen molar-refractivity contribution in [1.29, 1.82) is 0 Å². The average Bonchev–Trinajstić information content (AvgIpc) is 2.84. The molecule has 0 radical (unpaired) electrons. The average molecular weight is 494 g/mol. The Balaban J connectivity index is 2.00. The van der Waals surface area contributed by atoms with Crippen LogP contribution in [0.3, 0.4) is 0 Å². The highest BCUT2D eigenvalue weighted by molar-refractivity contribution is 5.82. The summed E-state index contributed by atoms with van der Waals surface area (Å²) in [5, 5.41) is 2.89. The van der Waals surface area contributed by atoms with E-state index in [4.69, 9.17) is 4.74 Å². The molecule has 3 aromatic rings. The number of methoxy groups -OCH3 is 1. The zero-order valence-corrected chi connectivity index (χ0v) is 21.3. The van der Waals surface area contributed by atoms with E-state index in [-0.39, 0.29) is 12.0 Å². The normalized spacial score (nSPS) is 12.6. The lowest BCUT2D eigenvalue weighted by Crippen LogP contribution is -2.39. The number of aromatic nitrogens is 2. The lowest BCUT2D eigenvalue weighted by Gasteiger charge is -2.24. The van der Waals surface area contributed by atoms with Gasteiger partial charge in [0.15, 0.2) is 0 Å². The van der Waals surface area contributed by atoms with Crippen LogP contribution in [0, 0.1) is 26.6 Å². The molecule has 7 nitrogen and oxygen atoms in total. The first-order chi connectivity index (χ1) is 17.2. The number of nitrogens with one attached hydrogen (secondary N) is 1. The van der Waals surface area contributed by atoms with Gasteiger partial charge in [0.2, 0.25) is 5.91 Å². The minimum absolute atomic E-state index is 0.129. The van der Waals surface area contributed by atoms with Crippen molar-refractivity contribution in [3.05, 3.63) is 87.3 Å². The molecule has 2 aromatic heterocycles. The third kappa shape index (κ3) is 6.05. The van der Waals surface area contributed by atoms with Gasteiger partial charge in [-0.25, -0.2) is 4.39 Å². The predicted octanol–water partition coefficient (Wildman–Crippen LogP) is 4.74. The number of benzene rings is 1. The van der Waals surface area contributed by atoms with Gasteiger partial charge >= 0.3 is 5.97 Å². The molecule has 1 unspecified atom stereocenters. The van der Waals surface area contributed by atoms with E-state index < -0.39 is 35.3 Å². The molecule has 2 atom stereocenters. The van der Waals surface area contributed by atoms with Crippen LogP contribution < -0.4 is 10.9 Å². The van der Waals surface area contributed by atoms with E-state index >= 15 is 0 Å². The highest BCUT2D eigenvalue weighted by atomic mass is 19.1. The van der Waals surface area contributed by atoms with Crippen LogP contribution in [-0.2, 0) is 14.3 Å². The van der Waals surface area contributed by atoms with E-state index in [0.29, 0.717) is 18.4 Å². The number of amides is 1. The van der Waals surface area contributed by atoms with Crippen LogP contribution in [-0.4, -0.2) is 28.5 Å². The van der Waals surface area contributed by atoms with E-state index in [1.165, 1.54) is 20.1 Å². The Hall–Kier alpha value is -3.81. The lowest BCUT2D eigenvalue weighted by molar-refractivity contribution is -0.141. The number of hydrogen-bond donors (Lipinski definition) is 1. The second kappa shape index (κ2) is 11.7. The Morgan fingerprint density at radius 2 is 1.81 bits per heavy atom. The zero-order chi connectivity index (χ0) is 26.4. The number of aryl methyl sites for hydroxylation is 3. The summed E-state index contributed by atoms with van der Waals surface area (Å²) in [4.78, 5) is 42.6. The van der Waals surface area contributed by atoms with E-state index in [0.717, 1.165) is 33.0 Å². The number of nitrogens with zero attached hydrogens (tertiary/aromatic N) is 2. The highest BCUT2D eigenvalue weighted by Crippen LogP contribution is 2.29. The molecule has 0 aliphatic rings. The quantitative estimate of drug-likeness (QED) is 0.435. The summed E-state index contributed by atoms with van der Waals surface area (Å²) in [5.41, 5.74) is 4.40. The van der Waals surface area contributed by atoms with Gasteiger partial charge in [0.25, 0.3) is 5.56 Å². The van der Waals surface area contributed by atoms with Crippen LogP contribution in [0.1, 0.15) is 60.5 Å². The number of carbonyl (C=O) groups excluding carboxylic acids is 2. The van der Waals surface area contributed by atoms with E-state index in [1.807, 2.05) is 45.0 Å². The van der Waals surface area contributed by atoms with Crippen molar-refractivity contribution in [1.82, 2.24) is 14.9 Å². The largest absolute Gasteiger partial charge is 0.469 e. The molecule has 3 rings (SSSR count). The topological polar surface area (TPSA) is 90.3 Å². The zero-order valence-electron chi connectivity index (χ0n) is 21.3. The molecule has 2 heterocycles. The maximum atomic E-state index is 14.3. The molecular formula is C28H32FN3O4. The Morgan fingerprint density at radius 1 is 1.11 bits per heavy atom. The number of rotatable bonds is 9. The fourth-order valence-corrected chi connectivity index (χ4v) is 4.35. The third-order valence-electron chi connectivity index (χ3n) is 6.27. The van der Waals surface area contributed by atoms with Crippen molar-refractivity contribution >= 4 is 11.9 Å². The number of halogens is 1. The first-order valence-corrected chi connectivity index (χ1v) is 11.9. The standard InChI is InChI=1S/C28H32FN3O4/c1-6-8-24(32-16-22(29)19(4)11-25(32)33)28(35)31-23(13-26(34)36-5)20-12-21(15-30-14-20)27-17(2)9-7-10-18(27)3/h7,9-12,14-16,23-24H,6,8,13H2,1-5H3,(H,31,35)/t23-,24?/m0/s1. The number of esters is 1. The molecule has 0 fully saturated rings. The van der Waals surface area contributed by atoms with E-state index in [1.54, 1.807) is 12.4 Å². The van der Waals surface area contributed by atoms with Gasteiger partial charge in [0, 0.05) is 30.2 Å². The maximum absolute atomic E-state index is 14.3. The maximum Gasteiger partial charge on any atom is 0.307 e. The van der Waals surface area contributed by atoms with Crippen molar-refractivity contribution < 1.29 is 18.7 Å². The van der Waals surface area contributed by atoms with Gasteiger partial charge < -0.3 is 14.6 Å². The monoisotopic (exact) mass is 493 g/mol. The fraction of sp³-hybridized carbons (Fsp3) is 0.357. The Bertz CT molecular complexity index is 1300. The fourth-order valence-electron chi connectivity index (χ4n) is 4.35. The summed E-state index contributed by atoms with van der Waals surface area (Å²) in [6.45, 7) is 7.39. The summed E-state index contributed by atoms with van der Waals surface area (Å²) in [6.07, 6.45) is 5.18. The van der Waals surface area contributed by atoms with Gasteiger partial charge in [0.1, 0.15) is 11.9 Å². The minimum atomic E-state index is -0.937. The molecule has 0 saturated carbocycles. The number of ether oxygens (including phenoxy) is 1. The smallest absolute Gasteiger partial charge is 0.307 e. The van der Waals surface area contributed by atoms with Crippen molar-refractivity contribution in [2.24, 2.45) is 0 Å². The van der Waals surface area contributed by atoms with Crippen LogP contribution in [0.15, 0.2) is 53.7 Å². The van der Waals surface area contributed by atoms with Gasteiger partial charge in [-0.3, -0.25) is 19.4 Å². The van der Waals surface area contributed by atoms with Crippen LogP contribution in [0.2, 0.25) is 0 Å². The molecule has 1 amide bonds. The van der Waals surface area contributed by atoms with Crippen molar-refractivity contribution in [2.45, 2.75) is 59.0 Å². The third-order valence-corrected chi connectivity index (χ3v) is 6.27. The summed E-state index contributed by atoms with van der Waals surface area (Å²) < 4.78 is 20.3. The number of carbonyl (C=O) groups is 2. The molecule has 0 spiro atoms. The first-order valence-electron chi connectivity index (χ1n) is 11.9. The minimum Gasteiger partial charge on any atom is -0.469 e. The van der Waals surface area contributed by atoms with Crippen LogP contribution in [0.5, 0.6) is 0 Å². The summed E-state index contributed by atoms with van der Waals surface area (Å²) in [5.74, 6) is -1.57. The van der Waals surface area contributed by atoms with Gasteiger partial charge in [-0.05, 0) is 61.1 Å². The molecule has 1 N–H and O–H groups in total. The van der Waals surface area contributed by atoms with Crippen molar-refractivity contribution in [2.75, 3.05) is 7.11 Å². The Kier molecular flexibility index (Phi) is 8.74. The van der Waals surface area contributed by atoms with Crippen LogP contribution >= 0.6 is 0 Å². The van der Waals surface area contributed by atoms with Crippen molar-refractivity contribution in [3.63, 3.8) is 0 Å². The molecule has 0 aliphatic heterocycles. The number of hydrogen-bond acceptors (Lipinski definition) is 5. The van der Waals surface area contributed by atoms with Gasteiger partial charge in [-0.2, -0.15) is 0 Å². The van der Waals surface area contributed by atoms with Crippen molar-refractivity contribution in [3.8, 4) is 11.1 Å². The van der Waals surface area contributed by atoms with E-state index in [2.05, 4.69) is 10.3 Å². The Labute approximate surface area is 210 Å². The van der Waals surface area contributed by atoms with E-state index in [9.17, 15) is 18.8 Å². The molecule has 1 aromatic carbocycles. The molecule has 0 bridgehead atoms. The molecule has 8 heteroatoms. The second-order valence-electron chi connectivity index (χ2n) is 8.97. The Morgan fingerprint density at radius 3 is 2.44 bits per heavy atom. The molecule has 36 heavy (non-hydrogen) atoms. The second-order valence-corrected chi connectivity index (χ2v) is 8.97.